The minimum absolute atomic E-state index is 0.0312. The summed E-state index contributed by atoms with van der Waals surface area (Å²) in [6.07, 6.45) is 2.78. The van der Waals surface area contributed by atoms with Gasteiger partial charge in [-0.1, -0.05) is 18.1 Å². The van der Waals surface area contributed by atoms with Gasteiger partial charge in [0, 0.05) is 28.7 Å². The number of nitrogens with one attached hydrogen (secondary N) is 1. The molecule has 3 saturated carbocycles. The Bertz CT molecular complexity index is 1350. The van der Waals surface area contributed by atoms with Gasteiger partial charge in [0.2, 0.25) is 11.8 Å². The number of hydrogen-bond acceptors (Lipinski definition) is 6. The summed E-state index contributed by atoms with van der Waals surface area (Å²) in [7, 11) is 0. The molecule has 3 aromatic rings. The third-order valence-electron chi connectivity index (χ3n) is 6.93. The number of halogens is 2. The lowest BCUT2D eigenvalue weighted by molar-refractivity contribution is -0.129. The lowest BCUT2D eigenvalue weighted by atomic mass is 9.35. The van der Waals surface area contributed by atoms with Crippen LogP contribution in [0.4, 0.5) is 20.5 Å². The first kappa shape index (κ1) is 22.1. The Balaban J connectivity index is 1.33. The lowest BCUT2D eigenvalue weighted by Gasteiger charge is -2.68. The SMILES string of the molecule is CC(C)n1nc(-c2ccc(CC(=O)Nc3cc(C45CC(C)(C4)C5)no3)c(F)c2F)c(C#N)c1N. The third-order valence-corrected chi connectivity index (χ3v) is 6.93. The van der Waals surface area contributed by atoms with Gasteiger partial charge in [0.05, 0.1) is 12.1 Å². The molecule has 34 heavy (non-hydrogen) atoms. The quantitative estimate of drug-likeness (QED) is 0.552. The first-order valence-corrected chi connectivity index (χ1v) is 11.1. The van der Waals surface area contributed by atoms with Crippen LogP contribution in [-0.2, 0) is 16.6 Å². The number of hydrogen-bond donors (Lipinski definition) is 2. The monoisotopic (exact) mass is 466 g/mol. The molecule has 6 rings (SSSR count). The average Bonchev–Trinajstić information content (AvgIpc) is 3.32. The van der Waals surface area contributed by atoms with Crippen LogP contribution in [0.5, 0.6) is 0 Å². The highest BCUT2D eigenvalue weighted by Crippen LogP contribution is 2.73. The summed E-state index contributed by atoms with van der Waals surface area (Å²) in [4.78, 5) is 12.5. The van der Waals surface area contributed by atoms with Crippen LogP contribution in [0.15, 0.2) is 22.7 Å². The average molecular weight is 466 g/mol. The summed E-state index contributed by atoms with van der Waals surface area (Å²) in [5.74, 6) is -2.69. The minimum atomic E-state index is -1.20. The molecule has 0 saturated heterocycles. The maximum atomic E-state index is 15.0. The van der Waals surface area contributed by atoms with Crippen LogP contribution < -0.4 is 11.1 Å². The number of amides is 1. The van der Waals surface area contributed by atoms with Gasteiger partial charge in [-0.15, -0.1) is 0 Å². The number of nitrogens with two attached hydrogens (primary N) is 1. The van der Waals surface area contributed by atoms with Crippen LogP contribution in [0, 0.1) is 28.4 Å². The fraction of sp³-hybridized carbons (Fsp3) is 0.417. The van der Waals surface area contributed by atoms with Crippen molar-refractivity contribution in [3.05, 3.63) is 46.7 Å². The van der Waals surface area contributed by atoms with Crippen molar-refractivity contribution in [1.82, 2.24) is 14.9 Å². The second-order valence-electron chi connectivity index (χ2n) is 10.1. The molecule has 2 aromatic heterocycles. The van der Waals surface area contributed by atoms with E-state index >= 15 is 0 Å². The van der Waals surface area contributed by atoms with Crippen molar-refractivity contribution in [2.45, 2.75) is 57.9 Å². The fourth-order valence-electron chi connectivity index (χ4n) is 5.55. The van der Waals surface area contributed by atoms with Crippen LogP contribution in [-0.4, -0.2) is 20.8 Å². The Labute approximate surface area is 194 Å². The van der Waals surface area contributed by atoms with E-state index in [9.17, 15) is 18.8 Å². The number of carbonyl (C=O) groups is 1. The van der Waals surface area contributed by atoms with Crippen molar-refractivity contribution in [3.8, 4) is 17.3 Å². The normalized spacial score (nSPS) is 22.7. The zero-order valence-electron chi connectivity index (χ0n) is 19.1. The molecule has 2 heterocycles. The molecule has 0 unspecified atom stereocenters. The molecule has 0 aliphatic heterocycles. The third kappa shape index (κ3) is 3.26. The molecule has 0 atom stereocenters. The number of rotatable bonds is 6. The molecule has 1 amide bonds. The zero-order valence-corrected chi connectivity index (χ0v) is 19.1. The van der Waals surface area contributed by atoms with Crippen molar-refractivity contribution >= 4 is 17.6 Å². The highest BCUT2D eigenvalue weighted by Gasteiger charge is 2.66. The van der Waals surface area contributed by atoms with Gasteiger partial charge in [-0.25, -0.2) is 13.5 Å². The molecule has 1 aromatic carbocycles. The molecule has 3 N–H and O–H groups in total. The molecule has 0 spiro atoms. The van der Waals surface area contributed by atoms with E-state index in [0.717, 1.165) is 25.0 Å². The Morgan fingerprint density at radius 2 is 2.03 bits per heavy atom. The molecule has 3 aliphatic carbocycles. The van der Waals surface area contributed by atoms with Crippen molar-refractivity contribution in [2.75, 3.05) is 11.1 Å². The van der Waals surface area contributed by atoms with Gasteiger partial charge in [0.15, 0.2) is 11.6 Å². The standard InChI is InChI=1S/C24H24F2N6O2/c1-12(2)32-22(28)15(8-27)21(30-32)14-5-4-13(19(25)20(14)26)6-17(33)29-18-7-16(31-34-18)24-9-23(3,10-24)11-24/h4-5,7,12H,6,9-11,28H2,1-3H3,(H,29,33). The molecule has 2 bridgehead atoms. The van der Waals surface area contributed by atoms with Crippen LogP contribution in [0.3, 0.4) is 0 Å². The Morgan fingerprint density at radius 3 is 2.65 bits per heavy atom. The van der Waals surface area contributed by atoms with Gasteiger partial charge >= 0.3 is 0 Å². The number of nitrogens with zero attached hydrogens (tertiary/aromatic N) is 4. The molecule has 3 aliphatic rings. The first-order chi connectivity index (χ1) is 16.1. The predicted octanol–water partition coefficient (Wildman–Crippen LogP) is 4.47. The van der Waals surface area contributed by atoms with Gasteiger partial charge in [-0.3, -0.25) is 10.1 Å². The fourth-order valence-corrected chi connectivity index (χ4v) is 5.55. The summed E-state index contributed by atoms with van der Waals surface area (Å²) in [6.45, 7) is 5.85. The lowest BCUT2D eigenvalue weighted by Crippen LogP contribution is -2.62. The number of aromatic nitrogens is 3. The first-order valence-electron chi connectivity index (χ1n) is 11.1. The molecule has 0 radical (unpaired) electrons. The second-order valence-corrected chi connectivity index (χ2v) is 10.1. The van der Waals surface area contributed by atoms with Crippen molar-refractivity contribution in [2.24, 2.45) is 5.41 Å². The Morgan fingerprint density at radius 1 is 1.32 bits per heavy atom. The summed E-state index contributed by atoms with van der Waals surface area (Å²) < 4.78 is 36.4. The number of benzene rings is 1. The molecule has 10 heteroatoms. The van der Waals surface area contributed by atoms with E-state index < -0.39 is 24.0 Å². The van der Waals surface area contributed by atoms with Crippen molar-refractivity contribution < 1.29 is 18.1 Å². The van der Waals surface area contributed by atoms with Gasteiger partial charge in [-0.2, -0.15) is 10.4 Å². The van der Waals surface area contributed by atoms with E-state index in [1.54, 1.807) is 19.9 Å². The maximum Gasteiger partial charge on any atom is 0.231 e. The summed E-state index contributed by atoms with van der Waals surface area (Å²) in [5, 5.41) is 20.3. The maximum absolute atomic E-state index is 15.0. The largest absolute Gasteiger partial charge is 0.383 e. The van der Waals surface area contributed by atoms with Crippen LogP contribution >= 0.6 is 0 Å². The smallest absolute Gasteiger partial charge is 0.231 e. The molecular weight excluding hydrogens is 442 g/mol. The topological polar surface area (TPSA) is 123 Å². The van der Waals surface area contributed by atoms with E-state index in [1.165, 1.54) is 16.8 Å². The highest BCUT2D eigenvalue weighted by molar-refractivity contribution is 5.91. The van der Waals surface area contributed by atoms with Gasteiger partial charge in [0.1, 0.15) is 23.1 Å². The predicted molar refractivity (Wildman–Crippen MR) is 120 cm³/mol. The molecular formula is C24H24F2N6O2. The summed E-state index contributed by atoms with van der Waals surface area (Å²) in [6, 6.07) is 6.03. The van der Waals surface area contributed by atoms with Gasteiger partial charge < -0.3 is 10.3 Å². The zero-order chi connectivity index (χ0) is 24.4. The molecule has 176 valence electrons. The molecule has 8 nitrogen and oxygen atoms in total. The van der Waals surface area contributed by atoms with E-state index in [4.69, 9.17) is 10.3 Å². The second kappa shape index (κ2) is 7.38. The molecule has 3 fully saturated rings. The summed E-state index contributed by atoms with van der Waals surface area (Å²) in [5.41, 5.74) is 6.83. The Kier molecular flexibility index (Phi) is 4.79. The van der Waals surface area contributed by atoms with E-state index in [-0.39, 0.29) is 45.5 Å². The minimum Gasteiger partial charge on any atom is -0.383 e. The number of nitriles is 1. The summed E-state index contributed by atoms with van der Waals surface area (Å²) >= 11 is 0. The van der Waals surface area contributed by atoms with Crippen LogP contribution in [0.25, 0.3) is 11.3 Å². The number of anilines is 2. The van der Waals surface area contributed by atoms with Crippen LogP contribution in [0.1, 0.15) is 62.9 Å². The highest BCUT2D eigenvalue weighted by atomic mass is 19.2. The van der Waals surface area contributed by atoms with E-state index in [1.807, 2.05) is 6.07 Å². The van der Waals surface area contributed by atoms with E-state index in [2.05, 4.69) is 22.5 Å². The van der Waals surface area contributed by atoms with Crippen LogP contribution in [0.2, 0.25) is 0 Å². The van der Waals surface area contributed by atoms with E-state index in [0.29, 0.717) is 5.41 Å². The van der Waals surface area contributed by atoms with Crippen molar-refractivity contribution in [1.29, 1.82) is 5.26 Å². The van der Waals surface area contributed by atoms with Crippen molar-refractivity contribution in [3.63, 3.8) is 0 Å². The number of carbonyl (C=O) groups excluding carboxylic acids is 1. The van der Waals surface area contributed by atoms with Gasteiger partial charge in [-0.05, 0) is 44.6 Å². The van der Waals surface area contributed by atoms with Gasteiger partial charge in [0.25, 0.3) is 0 Å². The Hall–Kier alpha value is -3.74. The number of nitrogen functional groups attached to an aromatic ring is 1.